The molecule has 0 atom stereocenters. The summed E-state index contributed by atoms with van der Waals surface area (Å²) < 4.78 is 4.10. The lowest BCUT2D eigenvalue weighted by Gasteiger charge is -2.16. The second-order valence-corrected chi connectivity index (χ2v) is 13.6. The van der Waals surface area contributed by atoms with E-state index in [-0.39, 0.29) is 0 Å². The van der Waals surface area contributed by atoms with E-state index in [1.807, 2.05) is 26.0 Å². The maximum absolute atomic E-state index is 3.93. The predicted octanol–water partition coefficient (Wildman–Crippen LogP) is 14.5. The first kappa shape index (κ1) is 32.4. The molecule has 0 radical (unpaired) electrons. The van der Waals surface area contributed by atoms with Gasteiger partial charge in [0, 0.05) is 17.9 Å². The van der Waals surface area contributed by atoms with E-state index in [1.165, 1.54) is 11.1 Å². The number of allylic oxidation sites excluding steroid dienone is 2. The largest absolute Gasteiger partial charge is 0.0870 e. The number of rotatable bonds is 8. The average molecular weight is 830 g/mol. The van der Waals surface area contributed by atoms with E-state index in [2.05, 4.69) is 197 Å². The minimum atomic E-state index is 1.01. The Morgan fingerprint density at radius 2 is 0.682 bits per heavy atom. The molecule has 0 aromatic heterocycles. The molecular weight excluding hydrogens is 800 g/mol. The van der Waals surface area contributed by atoms with Crippen LogP contribution in [-0.2, 0) is 0 Å². The number of halogens is 4. The maximum Gasteiger partial charge on any atom is 0.0261 e. The van der Waals surface area contributed by atoms with E-state index in [4.69, 9.17) is 0 Å². The van der Waals surface area contributed by atoms with Crippen LogP contribution in [0.4, 0.5) is 0 Å². The third-order valence-corrected chi connectivity index (χ3v) is 9.81. The van der Waals surface area contributed by atoms with Crippen molar-refractivity contribution < 1.29 is 0 Å². The topological polar surface area (TPSA) is 0 Å². The fourth-order valence-corrected chi connectivity index (χ4v) is 7.28. The molecule has 0 saturated carbocycles. The van der Waals surface area contributed by atoms with E-state index in [0.717, 1.165) is 62.4 Å². The third kappa shape index (κ3) is 7.79. The molecule has 0 aliphatic rings. The molecule has 44 heavy (non-hydrogen) atoms. The van der Waals surface area contributed by atoms with Crippen LogP contribution in [0, 0.1) is 0 Å². The Kier molecular flexibility index (Phi) is 11.3. The summed E-state index contributed by atoms with van der Waals surface area (Å²) in [5.74, 6) is 0. The van der Waals surface area contributed by atoms with Gasteiger partial charge in [-0.25, -0.2) is 0 Å². The Labute approximate surface area is 294 Å². The molecule has 4 heteroatoms. The summed E-state index contributed by atoms with van der Waals surface area (Å²) >= 11 is 15.6. The van der Waals surface area contributed by atoms with Crippen LogP contribution in [-0.4, -0.2) is 0 Å². The summed E-state index contributed by atoms with van der Waals surface area (Å²) in [6.07, 6.45) is 17.1. The van der Waals surface area contributed by atoms with Crippen LogP contribution < -0.4 is 0 Å². The van der Waals surface area contributed by atoms with E-state index in [9.17, 15) is 0 Å². The van der Waals surface area contributed by atoms with E-state index in [1.54, 1.807) is 0 Å². The number of benzene rings is 5. The van der Waals surface area contributed by atoms with Gasteiger partial charge in [-0.15, -0.1) is 0 Å². The summed E-state index contributed by atoms with van der Waals surface area (Å²) in [6.45, 7) is 4.09. The monoisotopic (exact) mass is 826 g/mol. The van der Waals surface area contributed by atoms with Crippen molar-refractivity contribution in [2.24, 2.45) is 0 Å². The second-order valence-electron chi connectivity index (χ2n) is 10.2. The lowest BCUT2D eigenvalue weighted by Crippen LogP contribution is -1.92. The number of hydrogen-bond donors (Lipinski definition) is 0. The van der Waals surface area contributed by atoms with Gasteiger partial charge in [-0.2, -0.15) is 0 Å². The first-order chi connectivity index (χ1) is 21.4. The molecule has 0 aliphatic heterocycles. The molecule has 5 rings (SSSR count). The van der Waals surface area contributed by atoms with Gasteiger partial charge >= 0.3 is 0 Å². The van der Waals surface area contributed by atoms with Crippen LogP contribution in [0.3, 0.4) is 0 Å². The molecule has 0 unspecified atom stereocenters. The molecule has 0 N–H and O–H groups in total. The van der Waals surface area contributed by atoms with Crippen molar-refractivity contribution in [3.8, 4) is 22.3 Å². The van der Waals surface area contributed by atoms with Crippen molar-refractivity contribution in [1.82, 2.24) is 0 Å². The summed E-state index contributed by atoms with van der Waals surface area (Å²) in [6, 6.07) is 34.1. The molecule has 5 aromatic rings. The molecule has 0 fully saturated rings. The molecule has 0 aliphatic carbocycles. The molecule has 218 valence electrons. The summed E-state index contributed by atoms with van der Waals surface area (Å²) in [5, 5.41) is 0. The summed E-state index contributed by atoms with van der Waals surface area (Å²) in [4.78, 5) is 0. The molecular formula is C40H30Br4. The van der Waals surface area contributed by atoms with Crippen LogP contribution in [0.25, 0.3) is 58.7 Å². The highest BCUT2D eigenvalue weighted by Crippen LogP contribution is 2.44. The Balaban J connectivity index is 1.61. The van der Waals surface area contributed by atoms with E-state index in [0.29, 0.717) is 0 Å². The fraction of sp³-hybridized carbons (Fsp3) is 0.0500. The van der Waals surface area contributed by atoms with Gasteiger partial charge in [0.1, 0.15) is 0 Å². The Morgan fingerprint density at radius 3 is 1.09 bits per heavy atom. The zero-order valence-corrected chi connectivity index (χ0v) is 30.7. The Bertz CT molecular complexity index is 1900. The lowest BCUT2D eigenvalue weighted by atomic mass is 9.94. The van der Waals surface area contributed by atoms with Crippen LogP contribution in [0.15, 0.2) is 127 Å². The zero-order valence-electron chi connectivity index (χ0n) is 24.4. The van der Waals surface area contributed by atoms with Gasteiger partial charge in [-0.1, -0.05) is 173 Å². The first-order valence-corrected chi connectivity index (χ1v) is 17.4. The maximum atomic E-state index is 3.93. The van der Waals surface area contributed by atoms with Gasteiger partial charge in [0.15, 0.2) is 0 Å². The predicted molar refractivity (Wildman–Crippen MR) is 208 cm³/mol. The van der Waals surface area contributed by atoms with Crippen molar-refractivity contribution >= 4 is 100 Å². The minimum Gasteiger partial charge on any atom is -0.0870 e. The highest BCUT2D eigenvalue weighted by atomic mass is 79.9. The normalized spacial score (nSPS) is 12.0. The summed E-state index contributed by atoms with van der Waals surface area (Å²) in [7, 11) is 0. The van der Waals surface area contributed by atoms with Crippen molar-refractivity contribution in [2.75, 3.05) is 0 Å². The van der Waals surface area contributed by atoms with Crippen molar-refractivity contribution in [2.45, 2.75) is 13.8 Å². The highest BCUT2D eigenvalue weighted by molar-refractivity contribution is 9.11. The highest BCUT2D eigenvalue weighted by Gasteiger charge is 2.17. The first-order valence-electron chi connectivity index (χ1n) is 14.3. The molecule has 0 amide bonds. The van der Waals surface area contributed by atoms with Gasteiger partial charge < -0.3 is 0 Å². The minimum absolute atomic E-state index is 1.01. The van der Waals surface area contributed by atoms with Crippen molar-refractivity contribution in [3.05, 3.63) is 160 Å². The van der Waals surface area contributed by atoms with Gasteiger partial charge in [-0.3, -0.25) is 0 Å². The second kappa shape index (κ2) is 15.3. The van der Waals surface area contributed by atoms with Crippen LogP contribution in [0.5, 0.6) is 0 Å². The molecule has 0 saturated heterocycles. The third-order valence-electron chi connectivity index (χ3n) is 7.18. The van der Waals surface area contributed by atoms with Crippen LogP contribution in [0.1, 0.15) is 47.2 Å². The molecule has 5 aromatic carbocycles. The molecule has 0 nitrogen and oxygen atoms in total. The van der Waals surface area contributed by atoms with Gasteiger partial charge in [0.05, 0.1) is 0 Å². The fourth-order valence-electron chi connectivity index (χ4n) is 5.02. The quantitative estimate of drug-likeness (QED) is 0.137. The van der Waals surface area contributed by atoms with Gasteiger partial charge in [-0.05, 0) is 106 Å². The summed E-state index contributed by atoms with van der Waals surface area (Å²) in [5.41, 5.74) is 11.4. The zero-order chi connectivity index (χ0) is 31.1. The molecule has 0 heterocycles. The smallest absolute Gasteiger partial charge is 0.0261 e. The van der Waals surface area contributed by atoms with Gasteiger partial charge in [0.2, 0.25) is 0 Å². The van der Waals surface area contributed by atoms with Crippen LogP contribution >= 0.6 is 63.7 Å². The van der Waals surface area contributed by atoms with E-state index >= 15 is 0 Å². The van der Waals surface area contributed by atoms with Gasteiger partial charge in [0.25, 0.3) is 0 Å². The van der Waals surface area contributed by atoms with E-state index < -0.39 is 0 Å². The van der Waals surface area contributed by atoms with Crippen molar-refractivity contribution in [1.29, 1.82) is 0 Å². The average Bonchev–Trinajstić information content (AvgIpc) is 3.03. The number of hydrogen-bond acceptors (Lipinski definition) is 0. The molecule has 0 bridgehead atoms. The van der Waals surface area contributed by atoms with Crippen LogP contribution in [0.2, 0.25) is 0 Å². The Hall–Kier alpha value is -3.02. The SMILES string of the molecule is C/C=C/c1cc(Br)c(-c2cc(Br)c(-c3cc(/C=C/c4ccccc4)c(/C=C/c4ccccc4)cc3Br)cc2Br)cc1/C=C/C. The molecule has 0 spiro atoms. The van der Waals surface area contributed by atoms with Crippen molar-refractivity contribution in [3.63, 3.8) is 0 Å². The Morgan fingerprint density at radius 1 is 0.364 bits per heavy atom. The standard InChI is InChI=1S/C40H30Br4/c1-3-11-29-21-33(37(41)23-30(29)12-4-2)35-25-40(44)36(26-39(35)43)34-22-31(19-17-27-13-7-5-8-14-27)32(24-38(34)42)20-18-28-15-9-6-10-16-28/h3-26H,1-2H3/b11-3+,12-4+,19-17+,20-18+. The lowest BCUT2D eigenvalue weighted by molar-refractivity contribution is 1.48.